The van der Waals surface area contributed by atoms with Gasteiger partial charge in [-0.2, -0.15) is 0 Å². The third-order valence-corrected chi connectivity index (χ3v) is 3.68. The zero-order chi connectivity index (χ0) is 10.8. The van der Waals surface area contributed by atoms with Crippen molar-refractivity contribution in [2.75, 3.05) is 0 Å². The smallest absolute Gasteiger partial charge is 0.167 e. The molecule has 0 bridgehead atoms. The third-order valence-electron chi connectivity index (χ3n) is 3.18. The summed E-state index contributed by atoms with van der Waals surface area (Å²) in [5, 5.41) is 0.634. The first-order valence-corrected chi connectivity index (χ1v) is 5.87. The number of hydrogen-bond acceptors (Lipinski definition) is 1. The molecular formula is C13H15ClO. The molecule has 15 heavy (non-hydrogen) atoms. The van der Waals surface area contributed by atoms with Crippen molar-refractivity contribution >= 4 is 17.4 Å². The lowest BCUT2D eigenvalue weighted by Gasteiger charge is -2.10. The molecule has 0 aromatic heterocycles. The summed E-state index contributed by atoms with van der Waals surface area (Å²) in [6.07, 6.45) is 4.42. The van der Waals surface area contributed by atoms with E-state index in [0.29, 0.717) is 10.6 Å². The van der Waals surface area contributed by atoms with E-state index in [1.54, 1.807) is 0 Å². The van der Waals surface area contributed by atoms with E-state index in [1.807, 2.05) is 25.1 Å². The van der Waals surface area contributed by atoms with Crippen LogP contribution in [0.3, 0.4) is 0 Å². The van der Waals surface area contributed by atoms with Crippen LogP contribution in [0.2, 0.25) is 5.02 Å². The molecule has 0 unspecified atom stereocenters. The van der Waals surface area contributed by atoms with Gasteiger partial charge >= 0.3 is 0 Å². The second-order valence-corrected chi connectivity index (χ2v) is 4.66. The predicted molar refractivity (Wildman–Crippen MR) is 62.5 cm³/mol. The molecule has 0 amide bonds. The second-order valence-electron chi connectivity index (χ2n) is 4.28. The number of Topliss-reactive ketones (excluding diaryl/α,β-unsaturated/α-hetero) is 1. The van der Waals surface area contributed by atoms with Crippen LogP contribution in [0.1, 0.15) is 41.6 Å². The van der Waals surface area contributed by atoms with Crippen molar-refractivity contribution in [3.63, 3.8) is 0 Å². The molecule has 0 saturated heterocycles. The number of benzene rings is 1. The Morgan fingerprint density at radius 2 is 2.00 bits per heavy atom. The highest BCUT2D eigenvalue weighted by Crippen LogP contribution is 2.31. The van der Waals surface area contributed by atoms with Crippen LogP contribution in [0.4, 0.5) is 0 Å². The molecular weight excluding hydrogens is 208 g/mol. The third kappa shape index (κ3) is 2.07. The van der Waals surface area contributed by atoms with E-state index >= 15 is 0 Å². The van der Waals surface area contributed by atoms with Gasteiger partial charge in [0.2, 0.25) is 0 Å². The maximum Gasteiger partial charge on any atom is 0.167 e. The van der Waals surface area contributed by atoms with Crippen LogP contribution < -0.4 is 0 Å². The van der Waals surface area contributed by atoms with Crippen molar-refractivity contribution in [2.24, 2.45) is 5.92 Å². The largest absolute Gasteiger partial charge is 0.294 e. The normalized spacial score (nSPS) is 16.9. The van der Waals surface area contributed by atoms with Gasteiger partial charge in [-0.05, 0) is 31.4 Å². The molecule has 80 valence electrons. The Labute approximate surface area is 95.4 Å². The standard InChI is InChI=1S/C13H15ClO/c1-9-5-4-8-11(12(9)14)13(15)10-6-2-3-7-10/h4-5,8,10H,2-3,6-7H2,1H3. The quantitative estimate of drug-likeness (QED) is 0.691. The van der Waals surface area contributed by atoms with Crippen LogP contribution >= 0.6 is 11.6 Å². The van der Waals surface area contributed by atoms with Gasteiger partial charge in [-0.15, -0.1) is 0 Å². The molecule has 0 atom stereocenters. The molecule has 0 heterocycles. The summed E-state index contributed by atoms with van der Waals surface area (Å²) in [5.41, 5.74) is 1.70. The van der Waals surface area contributed by atoms with E-state index in [9.17, 15) is 4.79 Å². The van der Waals surface area contributed by atoms with Crippen LogP contribution in [0, 0.1) is 12.8 Å². The van der Waals surface area contributed by atoms with E-state index < -0.39 is 0 Å². The Morgan fingerprint density at radius 1 is 1.33 bits per heavy atom. The Morgan fingerprint density at radius 3 is 2.67 bits per heavy atom. The number of carbonyl (C=O) groups is 1. The van der Waals surface area contributed by atoms with Crippen LogP contribution in [-0.4, -0.2) is 5.78 Å². The Kier molecular flexibility index (Phi) is 3.11. The molecule has 0 N–H and O–H groups in total. The fraction of sp³-hybridized carbons (Fsp3) is 0.462. The lowest BCUT2D eigenvalue weighted by atomic mass is 9.95. The topological polar surface area (TPSA) is 17.1 Å². The van der Waals surface area contributed by atoms with Crippen molar-refractivity contribution in [1.29, 1.82) is 0 Å². The highest BCUT2D eigenvalue weighted by molar-refractivity contribution is 6.34. The Hall–Kier alpha value is -0.820. The lowest BCUT2D eigenvalue weighted by Crippen LogP contribution is -2.11. The van der Waals surface area contributed by atoms with Crippen LogP contribution in [0.15, 0.2) is 18.2 Å². The van der Waals surface area contributed by atoms with Gasteiger partial charge in [0.25, 0.3) is 0 Å². The van der Waals surface area contributed by atoms with Crippen LogP contribution in [-0.2, 0) is 0 Å². The van der Waals surface area contributed by atoms with Crippen molar-refractivity contribution in [3.8, 4) is 0 Å². The molecule has 2 rings (SSSR count). The predicted octanol–water partition coefficient (Wildman–Crippen LogP) is 4.02. The van der Waals surface area contributed by atoms with Crippen molar-refractivity contribution < 1.29 is 4.79 Å². The Balaban J connectivity index is 2.28. The van der Waals surface area contributed by atoms with Crippen molar-refractivity contribution in [3.05, 3.63) is 34.3 Å². The van der Waals surface area contributed by atoms with Crippen LogP contribution in [0.5, 0.6) is 0 Å². The molecule has 1 aromatic carbocycles. The zero-order valence-corrected chi connectivity index (χ0v) is 9.68. The maximum atomic E-state index is 12.1. The number of halogens is 1. The summed E-state index contributed by atoms with van der Waals surface area (Å²) in [6.45, 7) is 1.94. The second kappa shape index (κ2) is 4.36. The van der Waals surface area contributed by atoms with Crippen molar-refractivity contribution in [2.45, 2.75) is 32.6 Å². The van der Waals surface area contributed by atoms with Gasteiger partial charge in [0.1, 0.15) is 0 Å². The van der Waals surface area contributed by atoms with E-state index in [2.05, 4.69) is 0 Å². The van der Waals surface area contributed by atoms with E-state index in [-0.39, 0.29) is 11.7 Å². The average molecular weight is 223 g/mol. The molecule has 1 fully saturated rings. The monoisotopic (exact) mass is 222 g/mol. The van der Waals surface area contributed by atoms with Gasteiger partial charge in [0.05, 0.1) is 5.02 Å². The Bertz CT molecular complexity index is 378. The van der Waals surface area contributed by atoms with Gasteiger partial charge in [-0.1, -0.05) is 36.6 Å². The average Bonchev–Trinajstić information content (AvgIpc) is 2.74. The van der Waals surface area contributed by atoms with Gasteiger partial charge in [0, 0.05) is 11.5 Å². The summed E-state index contributed by atoms with van der Waals surface area (Å²) >= 11 is 6.15. The molecule has 1 aromatic rings. The van der Waals surface area contributed by atoms with E-state index in [4.69, 9.17) is 11.6 Å². The summed E-state index contributed by atoms with van der Waals surface area (Å²) in [5.74, 6) is 0.450. The fourth-order valence-electron chi connectivity index (χ4n) is 2.25. The van der Waals surface area contributed by atoms with E-state index in [1.165, 1.54) is 12.8 Å². The minimum absolute atomic E-state index is 0.212. The summed E-state index contributed by atoms with van der Waals surface area (Å²) in [7, 11) is 0. The number of ketones is 1. The molecule has 2 heteroatoms. The first kappa shape index (κ1) is 10.7. The molecule has 0 spiro atoms. The number of carbonyl (C=O) groups excluding carboxylic acids is 1. The first-order valence-electron chi connectivity index (χ1n) is 5.49. The summed E-state index contributed by atoms with van der Waals surface area (Å²) in [4.78, 5) is 12.1. The highest BCUT2D eigenvalue weighted by Gasteiger charge is 2.25. The minimum atomic E-state index is 0.212. The van der Waals surface area contributed by atoms with Gasteiger partial charge < -0.3 is 0 Å². The first-order chi connectivity index (χ1) is 7.20. The number of aryl methyl sites for hydroxylation is 1. The molecule has 1 saturated carbocycles. The number of hydrogen-bond donors (Lipinski definition) is 0. The lowest BCUT2D eigenvalue weighted by molar-refractivity contribution is 0.0923. The van der Waals surface area contributed by atoms with Gasteiger partial charge in [-0.3, -0.25) is 4.79 Å². The zero-order valence-electron chi connectivity index (χ0n) is 8.92. The van der Waals surface area contributed by atoms with E-state index in [0.717, 1.165) is 18.4 Å². The fourth-order valence-corrected chi connectivity index (χ4v) is 2.46. The molecule has 1 aliphatic rings. The maximum absolute atomic E-state index is 12.1. The molecule has 0 aliphatic heterocycles. The van der Waals surface area contributed by atoms with Crippen molar-refractivity contribution in [1.82, 2.24) is 0 Å². The summed E-state index contributed by atoms with van der Waals surface area (Å²) < 4.78 is 0. The van der Waals surface area contributed by atoms with Crippen LogP contribution in [0.25, 0.3) is 0 Å². The SMILES string of the molecule is Cc1cccc(C(=O)C2CCCC2)c1Cl. The summed E-state index contributed by atoms with van der Waals surface area (Å²) in [6, 6.07) is 5.69. The van der Waals surface area contributed by atoms with Gasteiger partial charge in [0.15, 0.2) is 5.78 Å². The minimum Gasteiger partial charge on any atom is -0.294 e. The van der Waals surface area contributed by atoms with Gasteiger partial charge in [-0.25, -0.2) is 0 Å². The molecule has 1 nitrogen and oxygen atoms in total. The number of rotatable bonds is 2. The highest BCUT2D eigenvalue weighted by atomic mass is 35.5. The molecule has 0 radical (unpaired) electrons. The molecule has 1 aliphatic carbocycles.